The van der Waals surface area contributed by atoms with Crippen LogP contribution in [-0.4, -0.2) is 37.2 Å². The standard InChI is InChI=1S/C55H102O6/c1-4-7-10-13-16-19-22-25-26-27-28-31-33-36-39-42-45-48-54(57)60-51-52(61-55(58)49-46-43-40-37-34-30-24-21-18-15-12-9-6-3)50-59-53(56)47-44-41-38-35-32-29-23-20-17-14-11-8-5-2/h16,19,25-26,52H,4-15,17-18,20-24,27-51H2,1-3H3/b19-16-,26-25-/t52-/m0/s1. The summed E-state index contributed by atoms with van der Waals surface area (Å²) in [7, 11) is 0. The fraction of sp³-hybridized carbons (Fsp3) is 0.873. The van der Waals surface area contributed by atoms with E-state index in [-0.39, 0.29) is 31.1 Å². The smallest absolute Gasteiger partial charge is 0.306 e. The first-order valence-corrected chi connectivity index (χ1v) is 26.8. The highest BCUT2D eigenvalue weighted by molar-refractivity contribution is 5.71. The van der Waals surface area contributed by atoms with Crippen molar-refractivity contribution in [3.05, 3.63) is 24.3 Å². The Hall–Kier alpha value is -2.11. The van der Waals surface area contributed by atoms with Crippen LogP contribution in [0, 0.1) is 0 Å². The molecule has 0 aliphatic carbocycles. The van der Waals surface area contributed by atoms with Gasteiger partial charge in [0.25, 0.3) is 0 Å². The minimum atomic E-state index is -0.768. The lowest BCUT2D eigenvalue weighted by Crippen LogP contribution is -2.30. The number of hydrogen-bond acceptors (Lipinski definition) is 6. The number of carbonyl (C=O) groups excluding carboxylic acids is 3. The highest BCUT2D eigenvalue weighted by atomic mass is 16.6. The van der Waals surface area contributed by atoms with Gasteiger partial charge in [0.05, 0.1) is 0 Å². The summed E-state index contributed by atoms with van der Waals surface area (Å²) in [5, 5.41) is 0. The van der Waals surface area contributed by atoms with Crippen molar-refractivity contribution in [2.24, 2.45) is 0 Å². The first kappa shape index (κ1) is 58.9. The molecule has 0 rings (SSSR count). The number of unbranched alkanes of at least 4 members (excludes halogenated alkanes) is 34. The minimum Gasteiger partial charge on any atom is -0.462 e. The Kier molecular flexibility index (Phi) is 48.8. The molecule has 0 amide bonds. The zero-order chi connectivity index (χ0) is 44.4. The van der Waals surface area contributed by atoms with Crippen molar-refractivity contribution >= 4 is 17.9 Å². The van der Waals surface area contributed by atoms with Gasteiger partial charge in [-0.1, -0.05) is 244 Å². The summed E-state index contributed by atoms with van der Waals surface area (Å²) in [6.45, 7) is 6.64. The minimum absolute atomic E-state index is 0.0686. The van der Waals surface area contributed by atoms with Crippen LogP contribution in [-0.2, 0) is 28.6 Å². The number of hydrogen-bond donors (Lipinski definition) is 0. The van der Waals surface area contributed by atoms with E-state index >= 15 is 0 Å². The van der Waals surface area contributed by atoms with Gasteiger partial charge < -0.3 is 14.2 Å². The summed E-state index contributed by atoms with van der Waals surface area (Å²) in [6, 6.07) is 0. The molecule has 6 heteroatoms. The molecule has 0 aromatic rings. The van der Waals surface area contributed by atoms with Gasteiger partial charge in [0.2, 0.25) is 0 Å². The van der Waals surface area contributed by atoms with E-state index in [0.29, 0.717) is 19.3 Å². The number of allylic oxidation sites excluding steroid dienone is 4. The molecule has 0 aromatic carbocycles. The quantitative estimate of drug-likeness (QED) is 0.0262. The summed E-state index contributed by atoms with van der Waals surface area (Å²) in [5.41, 5.74) is 0. The van der Waals surface area contributed by atoms with Crippen molar-refractivity contribution in [3.63, 3.8) is 0 Å². The molecule has 0 saturated carbocycles. The third-order valence-electron chi connectivity index (χ3n) is 12.0. The van der Waals surface area contributed by atoms with Crippen LogP contribution in [0.3, 0.4) is 0 Å². The lowest BCUT2D eigenvalue weighted by molar-refractivity contribution is -0.167. The Labute approximate surface area is 379 Å². The van der Waals surface area contributed by atoms with Gasteiger partial charge in [-0.05, 0) is 51.4 Å². The van der Waals surface area contributed by atoms with Gasteiger partial charge in [0, 0.05) is 19.3 Å². The molecule has 6 nitrogen and oxygen atoms in total. The predicted molar refractivity (Wildman–Crippen MR) is 261 cm³/mol. The van der Waals surface area contributed by atoms with Crippen LogP contribution in [0.1, 0.15) is 290 Å². The monoisotopic (exact) mass is 859 g/mol. The maximum absolute atomic E-state index is 12.8. The first-order valence-electron chi connectivity index (χ1n) is 26.8. The van der Waals surface area contributed by atoms with Crippen LogP contribution in [0.15, 0.2) is 24.3 Å². The van der Waals surface area contributed by atoms with Crippen LogP contribution in [0.5, 0.6) is 0 Å². The lowest BCUT2D eigenvalue weighted by Gasteiger charge is -2.18. The first-order chi connectivity index (χ1) is 30.0. The average molecular weight is 859 g/mol. The van der Waals surface area contributed by atoms with Gasteiger partial charge >= 0.3 is 17.9 Å². The SMILES string of the molecule is CCCCC/C=C\C/C=C\CCCCCCCCCC(=O)OC[C@H](COC(=O)CCCCCCCCCCCCCCC)OC(=O)CCCCCCCCCCCCCCC. The molecular formula is C55H102O6. The molecule has 0 aliphatic rings. The van der Waals surface area contributed by atoms with E-state index in [4.69, 9.17) is 14.2 Å². The van der Waals surface area contributed by atoms with Crippen molar-refractivity contribution < 1.29 is 28.6 Å². The van der Waals surface area contributed by atoms with Crippen LogP contribution in [0.4, 0.5) is 0 Å². The Bertz CT molecular complexity index is 989. The van der Waals surface area contributed by atoms with Crippen molar-refractivity contribution in [3.8, 4) is 0 Å². The summed E-state index contributed by atoms with van der Waals surface area (Å²) < 4.78 is 16.8. The average Bonchev–Trinajstić information content (AvgIpc) is 3.26. The summed E-state index contributed by atoms with van der Waals surface area (Å²) >= 11 is 0. The summed E-state index contributed by atoms with van der Waals surface area (Å²) in [6.07, 6.45) is 57.2. The van der Waals surface area contributed by atoms with Gasteiger partial charge in [-0.25, -0.2) is 0 Å². The van der Waals surface area contributed by atoms with Crippen molar-refractivity contribution in [1.82, 2.24) is 0 Å². The van der Waals surface area contributed by atoms with Gasteiger partial charge in [-0.15, -0.1) is 0 Å². The number of carbonyl (C=O) groups is 3. The third-order valence-corrected chi connectivity index (χ3v) is 12.0. The second-order valence-corrected chi connectivity index (χ2v) is 18.2. The van der Waals surface area contributed by atoms with Crippen LogP contribution < -0.4 is 0 Å². The molecule has 0 aromatic heterocycles. The number of esters is 3. The second-order valence-electron chi connectivity index (χ2n) is 18.2. The van der Waals surface area contributed by atoms with Crippen molar-refractivity contribution in [1.29, 1.82) is 0 Å². The van der Waals surface area contributed by atoms with Gasteiger partial charge in [0.1, 0.15) is 13.2 Å². The van der Waals surface area contributed by atoms with Crippen LogP contribution in [0.2, 0.25) is 0 Å². The lowest BCUT2D eigenvalue weighted by atomic mass is 10.0. The van der Waals surface area contributed by atoms with Gasteiger partial charge in [0.15, 0.2) is 6.10 Å². The molecule has 0 radical (unpaired) electrons. The highest BCUT2D eigenvalue weighted by Gasteiger charge is 2.19. The zero-order valence-corrected chi connectivity index (χ0v) is 40.9. The molecule has 1 atom stereocenters. The number of rotatable bonds is 49. The normalized spacial score (nSPS) is 12.1. The van der Waals surface area contributed by atoms with E-state index < -0.39 is 6.10 Å². The molecule has 0 heterocycles. The molecule has 0 N–H and O–H groups in total. The number of ether oxygens (including phenoxy) is 3. The molecule has 0 bridgehead atoms. The Balaban J connectivity index is 4.33. The van der Waals surface area contributed by atoms with Gasteiger partial charge in [-0.2, -0.15) is 0 Å². The van der Waals surface area contributed by atoms with E-state index in [1.165, 1.54) is 180 Å². The molecule has 0 aliphatic heterocycles. The molecule has 0 saturated heterocycles. The van der Waals surface area contributed by atoms with E-state index in [1.54, 1.807) is 0 Å². The van der Waals surface area contributed by atoms with Gasteiger partial charge in [-0.3, -0.25) is 14.4 Å². The van der Waals surface area contributed by atoms with E-state index in [1.807, 2.05) is 0 Å². The Morgan fingerprint density at radius 2 is 0.590 bits per heavy atom. The Morgan fingerprint density at radius 1 is 0.328 bits per heavy atom. The molecule has 61 heavy (non-hydrogen) atoms. The summed E-state index contributed by atoms with van der Waals surface area (Å²) in [5.74, 6) is -0.860. The third kappa shape index (κ3) is 48.8. The maximum Gasteiger partial charge on any atom is 0.306 e. The Morgan fingerprint density at radius 3 is 0.934 bits per heavy atom. The van der Waals surface area contributed by atoms with Crippen LogP contribution >= 0.6 is 0 Å². The largest absolute Gasteiger partial charge is 0.462 e. The fourth-order valence-corrected chi connectivity index (χ4v) is 7.89. The van der Waals surface area contributed by atoms with E-state index in [9.17, 15) is 14.4 Å². The van der Waals surface area contributed by atoms with Crippen LogP contribution in [0.25, 0.3) is 0 Å². The fourth-order valence-electron chi connectivity index (χ4n) is 7.89. The maximum atomic E-state index is 12.8. The summed E-state index contributed by atoms with van der Waals surface area (Å²) in [4.78, 5) is 38.0. The second kappa shape index (κ2) is 50.5. The molecule has 0 unspecified atom stereocenters. The molecule has 0 spiro atoms. The van der Waals surface area contributed by atoms with E-state index in [0.717, 1.165) is 70.6 Å². The van der Waals surface area contributed by atoms with Crippen molar-refractivity contribution in [2.75, 3.05) is 13.2 Å². The predicted octanol–water partition coefficient (Wildman–Crippen LogP) is 17.5. The van der Waals surface area contributed by atoms with E-state index in [2.05, 4.69) is 45.1 Å². The molecule has 0 fully saturated rings. The van der Waals surface area contributed by atoms with Crippen molar-refractivity contribution in [2.45, 2.75) is 297 Å². The highest BCUT2D eigenvalue weighted by Crippen LogP contribution is 2.16. The molecule has 358 valence electrons. The molecular weight excluding hydrogens is 757 g/mol. The zero-order valence-electron chi connectivity index (χ0n) is 40.9. The topological polar surface area (TPSA) is 78.9 Å².